The van der Waals surface area contributed by atoms with Gasteiger partial charge in [-0.05, 0) is 55.2 Å². The van der Waals surface area contributed by atoms with E-state index in [0.717, 1.165) is 17.0 Å². The van der Waals surface area contributed by atoms with E-state index < -0.39 is 28.5 Å². The summed E-state index contributed by atoms with van der Waals surface area (Å²) in [5, 5.41) is 3.97. The van der Waals surface area contributed by atoms with Crippen LogP contribution in [-0.2, 0) is 26.2 Å². The molecule has 0 heterocycles. The molecule has 2 aromatic rings. The minimum atomic E-state index is -3.86. The van der Waals surface area contributed by atoms with Gasteiger partial charge in [0.1, 0.15) is 12.6 Å². The first kappa shape index (κ1) is 29.2. The van der Waals surface area contributed by atoms with E-state index in [1.54, 1.807) is 50.2 Å². The van der Waals surface area contributed by atoms with E-state index in [1.165, 1.54) is 4.90 Å². The molecular formula is C24H30Cl3N3O4S. The lowest BCUT2D eigenvalue weighted by Gasteiger charge is -2.33. The van der Waals surface area contributed by atoms with Crippen LogP contribution in [0.25, 0.3) is 0 Å². The predicted molar refractivity (Wildman–Crippen MR) is 143 cm³/mol. The zero-order valence-corrected chi connectivity index (χ0v) is 23.2. The Morgan fingerprint density at radius 3 is 2.31 bits per heavy atom. The van der Waals surface area contributed by atoms with Crippen molar-refractivity contribution in [2.24, 2.45) is 0 Å². The Hall–Kier alpha value is -2.00. The van der Waals surface area contributed by atoms with Crippen LogP contribution in [0, 0.1) is 6.92 Å². The molecule has 0 spiro atoms. The number of sulfonamides is 1. The molecule has 0 radical (unpaired) electrons. The molecule has 0 unspecified atom stereocenters. The number of benzene rings is 2. The van der Waals surface area contributed by atoms with Crippen LogP contribution in [-0.4, -0.2) is 50.5 Å². The molecule has 0 bridgehead atoms. The van der Waals surface area contributed by atoms with E-state index in [9.17, 15) is 18.0 Å². The van der Waals surface area contributed by atoms with Crippen molar-refractivity contribution in [2.45, 2.75) is 46.2 Å². The van der Waals surface area contributed by atoms with Crippen LogP contribution in [0.5, 0.6) is 0 Å². The molecular weight excluding hydrogens is 533 g/mol. The molecule has 2 amide bonds. The third-order valence-corrected chi connectivity index (χ3v) is 7.60. The van der Waals surface area contributed by atoms with Gasteiger partial charge in [-0.2, -0.15) is 0 Å². The lowest BCUT2D eigenvalue weighted by molar-refractivity contribution is -0.140. The van der Waals surface area contributed by atoms with Crippen LogP contribution in [0.3, 0.4) is 0 Å². The highest BCUT2D eigenvalue weighted by molar-refractivity contribution is 7.92. The molecule has 0 aliphatic rings. The van der Waals surface area contributed by atoms with E-state index in [-0.39, 0.29) is 12.5 Å². The maximum Gasteiger partial charge on any atom is 0.244 e. The molecule has 1 atom stereocenters. The molecule has 11 heteroatoms. The highest BCUT2D eigenvalue weighted by Crippen LogP contribution is 2.29. The fraction of sp³-hybridized carbons (Fsp3) is 0.417. The van der Waals surface area contributed by atoms with Crippen molar-refractivity contribution in [1.29, 1.82) is 0 Å². The normalized spacial score (nSPS) is 12.2. The van der Waals surface area contributed by atoms with Gasteiger partial charge < -0.3 is 10.2 Å². The second-order valence-corrected chi connectivity index (χ2v) is 11.3. The van der Waals surface area contributed by atoms with Gasteiger partial charge in [-0.25, -0.2) is 8.42 Å². The number of nitrogens with one attached hydrogen (secondary N) is 1. The van der Waals surface area contributed by atoms with Crippen LogP contribution in [0.2, 0.25) is 15.1 Å². The summed E-state index contributed by atoms with van der Waals surface area (Å²) in [7, 11) is -3.86. The first-order valence-electron chi connectivity index (χ1n) is 11.1. The lowest BCUT2D eigenvalue weighted by Crippen LogP contribution is -2.52. The van der Waals surface area contributed by atoms with E-state index >= 15 is 0 Å². The fourth-order valence-corrected chi connectivity index (χ4v) is 5.12. The van der Waals surface area contributed by atoms with Crippen LogP contribution in [0.1, 0.15) is 37.8 Å². The zero-order chi connectivity index (χ0) is 26.3. The number of halogens is 3. The Bertz CT molecular complexity index is 1170. The number of hydrogen-bond acceptors (Lipinski definition) is 4. The second kappa shape index (κ2) is 12.8. The quantitative estimate of drug-likeness (QED) is 0.415. The first-order valence-corrected chi connectivity index (χ1v) is 14.1. The van der Waals surface area contributed by atoms with Crippen LogP contribution < -0.4 is 9.62 Å². The third kappa shape index (κ3) is 7.74. The van der Waals surface area contributed by atoms with Crippen molar-refractivity contribution >= 4 is 62.3 Å². The average molecular weight is 563 g/mol. The first-order chi connectivity index (χ1) is 16.4. The zero-order valence-electron chi connectivity index (χ0n) is 20.1. The monoisotopic (exact) mass is 561 g/mol. The molecule has 7 nitrogen and oxygen atoms in total. The number of nitrogens with zero attached hydrogens (tertiary/aromatic N) is 2. The highest BCUT2D eigenvalue weighted by atomic mass is 35.5. The van der Waals surface area contributed by atoms with E-state index in [0.29, 0.717) is 44.8 Å². The van der Waals surface area contributed by atoms with Crippen molar-refractivity contribution in [3.8, 4) is 0 Å². The maximum atomic E-state index is 13.7. The van der Waals surface area contributed by atoms with E-state index in [1.807, 2.05) is 6.92 Å². The number of carbonyl (C=O) groups is 2. The van der Waals surface area contributed by atoms with Crippen LogP contribution in [0.15, 0.2) is 36.4 Å². The Labute approximate surface area is 222 Å². The summed E-state index contributed by atoms with van der Waals surface area (Å²) in [5.41, 5.74) is 1.39. The van der Waals surface area contributed by atoms with Gasteiger partial charge in [0.25, 0.3) is 0 Å². The summed E-state index contributed by atoms with van der Waals surface area (Å²) in [4.78, 5) is 28.0. The summed E-state index contributed by atoms with van der Waals surface area (Å²) < 4.78 is 26.4. The van der Waals surface area contributed by atoms with E-state index in [4.69, 9.17) is 34.8 Å². The minimum Gasteiger partial charge on any atom is -0.354 e. The third-order valence-electron chi connectivity index (χ3n) is 5.48. The molecule has 192 valence electrons. The minimum absolute atomic E-state index is 0.000975. The van der Waals surface area contributed by atoms with Gasteiger partial charge in [0.05, 0.1) is 11.9 Å². The summed E-state index contributed by atoms with van der Waals surface area (Å²) >= 11 is 18.6. The maximum absolute atomic E-state index is 13.7. The largest absolute Gasteiger partial charge is 0.354 e. The van der Waals surface area contributed by atoms with Gasteiger partial charge in [0.15, 0.2) is 0 Å². The molecule has 2 aromatic carbocycles. The molecule has 2 rings (SSSR count). The van der Waals surface area contributed by atoms with Crippen molar-refractivity contribution < 1.29 is 18.0 Å². The molecule has 0 aliphatic heterocycles. The molecule has 35 heavy (non-hydrogen) atoms. The van der Waals surface area contributed by atoms with Crippen LogP contribution >= 0.6 is 34.8 Å². The standard InChI is InChI=1S/C24H30Cl3N3O4S/c1-5-12-28-24(32)21(6-2)29(14-17-10-11-18(25)13-20(17)27)23(31)15-30(35(4,33)34)22-9-7-8-19(26)16(22)3/h7-11,13,21H,5-6,12,14-15H2,1-4H3,(H,28,32)/t21-/m0/s1. The molecule has 0 aliphatic carbocycles. The number of carbonyl (C=O) groups excluding carboxylic acids is 2. The summed E-state index contributed by atoms with van der Waals surface area (Å²) in [6.07, 6.45) is 2.07. The van der Waals surface area contributed by atoms with Gasteiger partial charge in [0.2, 0.25) is 21.8 Å². The molecule has 0 aromatic heterocycles. The van der Waals surface area contributed by atoms with Crippen molar-refractivity contribution in [2.75, 3.05) is 23.7 Å². The molecule has 0 saturated carbocycles. The Kier molecular flexibility index (Phi) is 10.7. The number of anilines is 1. The Morgan fingerprint density at radius 2 is 1.74 bits per heavy atom. The fourth-order valence-electron chi connectivity index (χ4n) is 3.58. The summed E-state index contributed by atoms with van der Waals surface area (Å²) in [6, 6.07) is 8.88. The van der Waals surface area contributed by atoms with Gasteiger partial charge in [-0.15, -0.1) is 0 Å². The second-order valence-electron chi connectivity index (χ2n) is 8.13. The van der Waals surface area contributed by atoms with Gasteiger partial charge in [0, 0.05) is 28.2 Å². The van der Waals surface area contributed by atoms with Crippen molar-refractivity contribution in [3.05, 3.63) is 62.6 Å². The SMILES string of the molecule is CCCNC(=O)[C@H](CC)N(Cc1ccc(Cl)cc1Cl)C(=O)CN(c1cccc(Cl)c1C)S(C)(=O)=O. The van der Waals surface area contributed by atoms with Gasteiger partial charge >= 0.3 is 0 Å². The van der Waals surface area contributed by atoms with Crippen molar-refractivity contribution in [1.82, 2.24) is 10.2 Å². The van der Waals surface area contributed by atoms with Gasteiger partial charge in [-0.3, -0.25) is 13.9 Å². The molecule has 0 fully saturated rings. The van der Waals surface area contributed by atoms with E-state index in [2.05, 4.69) is 5.32 Å². The summed E-state index contributed by atoms with van der Waals surface area (Å²) in [6.45, 7) is 5.33. The van der Waals surface area contributed by atoms with Crippen LogP contribution in [0.4, 0.5) is 5.69 Å². The molecule has 0 saturated heterocycles. The number of hydrogen-bond donors (Lipinski definition) is 1. The average Bonchev–Trinajstić information content (AvgIpc) is 2.78. The smallest absolute Gasteiger partial charge is 0.244 e. The number of amides is 2. The Balaban J connectivity index is 2.50. The number of rotatable bonds is 11. The topological polar surface area (TPSA) is 86.8 Å². The van der Waals surface area contributed by atoms with Crippen molar-refractivity contribution in [3.63, 3.8) is 0 Å². The lowest BCUT2D eigenvalue weighted by atomic mass is 10.1. The predicted octanol–water partition coefficient (Wildman–Crippen LogP) is 5.05. The van der Waals surface area contributed by atoms with Gasteiger partial charge in [-0.1, -0.05) is 60.8 Å². The summed E-state index contributed by atoms with van der Waals surface area (Å²) in [5.74, 6) is -0.878. The molecule has 1 N–H and O–H groups in total. The highest BCUT2D eigenvalue weighted by Gasteiger charge is 2.32. The Morgan fingerprint density at radius 1 is 1.06 bits per heavy atom.